The third-order valence-electron chi connectivity index (χ3n) is 7.77. The smallest absolute Gasteiger partial charge is 0.308 e. The van der Waals surface area contributed by atoms with E-state index >= 15 is 0 Å². The molecule has 1 saturated heterocycles. The number of aromatic nitrogens is 1. The average molecular weight is 647 g/mol. The molecule has 0 bridgehead atoms. The number of rotatable bonds is 8. The summed E-state index contributed by atoms with van der Waals surface area (Å²) >= 11 is 2.00. The molecule has 3 atom stereocenters. The second-order valence-electron chi connectivity index (χ2n) is 10.5. The quantitative estimate of drug-likeness (QED) is 0.165. The molecule has 12 nitrogen and oxygen atoms in total. The lowest BCUT2D eigenvalue weighted by atomic mass is 9.83. The third kappa shape index (κ3) is 5.36. The molecule has 2 aliphatic rings. The SMILES string of the molecule is COc1ccc([C@@H]2c3sc(=O)n(CC(=O)Nc4ccc(C)cc4)c3S[C@@H]3C(=O)N(c4ccc([N+](=O)[O-])cc4)C(=O)[C@H]23)cc1OC. The first kappa shape index (κ1) is 30.1. The maximum atomic E-state index is 14.1. The van der Waals surface area contributed by atoms with Crippen molar-refractivity contribution in [2.24, 2.45) is 5.92 Å². The number of non-ortho nitro benzene ring substituents is 1. The zero-order valence-corrected chi connectivity index (χ0v) is 25.8. The highest BCUT2D eigenvalue weighted by Crippen LogP contribution is 2.54. The minimum Gasteiger partial charge on any atom is -0.493 e. The van der Waals surface area contributed by atoms with Gasteiger partial charge in [0, 0.05) is 28.6 Å². The number of aryl methyl sites for hydroxylation is 1. The van der Waals surface area contributed by atoms with Crippen LogP contribution in [0, 0.1) is 23.0 Å². The van der Waals surface area contributed by atoms with Crippen LogP contribution in [0.15, 0.2) is 76.6 Å². The Bertz CT molecular complexity index is 1900. The number of anilines is 2. The Morgan fingerprint density at radius 2 is 1.64 bits per heavy atom. The van der Waals surface area contributed by atoms with Crippen LogP contribution in [0.25, 0.3) is 0 Å². The Hall–Kier alpha value is -4.95. The summed E-state index contributed by atoms with van der Waals surface area (Å²) < 4.78 is 12.2. The first-order chi connectivity index (χ1) is 21.6. The van der Waals surface area contributed by atoms with E-state index in [0.717, 1.165) is 33.6 Å². The van der Waals surface area contributed by atoms with E-state index in [4.69, 9.17) is 9.47 Å². The number of nitro benzene ring substituents is 1. The fraction of sp³-hybridized carbons (Fsp3) is 0.226. The van der Waals surface area contributed by atoms with Crippen molar-refractivity contribution in [2.45, 2.75) is 29.7 Å². The Morgan fingerprint density at radius 1 is 0.956 bits per heavy atom. The molecule has 6 rings (SSSR count). The van der Waals surface area contributed by atoms with E-state index in [-0.39, 0.29) is 17.9 Å². The molecule has 3 heterocycles. The van der Waals surface area contributed by atoms with E-state index in [9.17, 15) is 29.3 Å². The van der Waals surface area contributed by atoms with Crippen molar-refractivity contribution in [1.82, 2.24) is 4.57 Å². The van der Waals surface area contributed by atoms with Gasteiger partial charge in [0.2, 0.25) is 17.7 Å². The lowest BCUT2D eigenvalue weighted by Gasteiger charge is -2.31. The number of nitro groups is 1. The van der Waals surface area contributed by atoms with Crippen LogP contribution in [0.4, 0.5) is 17.1 Å². The molecule has 0 radical (unpaired) electrons. The van der Waals surface area contributed by atoms with Gasteiger partial charge in [-0.25, -0.2) is 4.90 Å². The van der Waals surface area contributed by atoms with E-state index in [1.54, 1.807) is 30.3 Å². The topological polar surface area (TPSA) is 150 Å². The number of carbonyl (C=O) groups excluding carboxylic acids is 3. The Kier molecular flexibility index (Phi) is 7.93. The predicted molar refractivity (Wildman–Crippen MR) is 169 cm³/mol. The van der Waals surface area contributed by atoms with Crippen LogP contribution in [0.3, 0.4) is 0 Å². The summed E-state index contributed by atoms with van der Waals surface area (Å²) in [6.07, 6.45) is 0. The number of hydrogen-bond donors (Lipinski definition) is 1. The van der Waals surface area contributed by atoms with Gasteiger partial charge in [0.1, 0.15) is 11.8 Å². The van der Waals surface area contributed by atoms with Crippen molar-refractivity contribution in [3.63, 3.8) is 0 Å². The van der Waals surface area contributed by atoms with Crippen LogP contribution < -0.4 is 24.6 Å². The van der Waals surface area contributed by atoms with Gasteiger partial charge in [0.15, 0.2) is 11.5 Å². The number of thiazole rings is 1. The van der Waals surface area contributed by atoms with Gasteiger partial charge in [-0.2, -0.15) is 0 Å². The lowest BCUT2D eigenvalue weighted by Crippen LogP contribution is -2.33. The van der Waals surface area contributed by atoms with Gasteiger partial charge in [-0.3, -0.25) is 33.9 Å². The molecule has 45 heavy (non-hydrogen) atoms. The van der Waals surface area contributed by atoms with Crippen molar-refractivity contribution in [2.75, 3.05) is 24.4 Å². The number of hydrogen-bond acceptors (Lipinski definition) is 10. The minimum atomic E-state index is -0.932. The largest absolute Gasteiger partial charge is 0.493 e. The number of amides is 3. The van der Waals surface area contributed by atoms with Gasteiger partial charge >= 0.3 is 4.87 Å². The zero-order valence-electron chi connectivity index (χ0n) is 24.2. The van der Waals surface area contributed by atoms with E-state index in [1.165, 1.54) is 43.1 Å². The van der Waals surface area contributed by atoms with E-state index in [0.29, 0.717) is 32.7 Å². The molecule has 4 aromatic rings. The molecule has 1 fully saturated rings. The Balaban J connectivity index is 1.43. The second-order valence-corrected chi connectivity index (χ2v) is 12.6. The van der Waals surface area contributed by atoms with Crippen molar-refractivity contribution in [1.29, 1.82) is 0 Å². The lowest BCUT2D eigenvalue weighted by molar-refractivity contribution is -0.384. The van der Waals surface area contributed by atoms with Crippen LogP contribution in [0.2, 0.25) is 0 Å². The number of thioether (sulfide) groups is 1. The maximum Gasteiger partial charge on any atom is 0.308 e. The summed E-state index contributed by atoms with van der Waals surface area (Å²) in [4.78, 5) is 66.3. The van der Waals surface area contributed by atoms with Crippen molar-refractivity contribution in [3.05, 3.63) is 103 Å². The highest BCUT2D eigenvalue weighted by atomic mass is 32.2. The highest BCUT2D eigenvalue weighted by molar-refractivity contribution is 8.00. The van der Waals surface area contributed by atoms with Crippen LogP contribution in [-0.4, -0.2) is 46.7 Å². The zero-order chi connectivity index (χ0) is 32.0. The number of benzene rings is 3. The standard InChI is InChI=1S/C31H26N4O8S2/c1-16-4-7-18(8-5-16)32-23(36)15-33-30-27(45-31(33)39)24(17-6-13-21(42-2)22(14-17)43-3)25-26(44-30)29(38)34(28(25)37)19-9-11-20(12-10-19)35(40)41/h4-14,24-26H,15H2,1-3H3,(H,32,36)/t24-,25+,26-/m0/s1. The molecule has 230 valence electrons. The minimum absolute atomic E-state index is 0.178. The molecule has 0 unspecified atom stereocenters. The summed E-state index contributed by atoms with van der Waals surface area (Å²) in [6, 6.07) is 17.6. The molecule has 3 amide bonds. The highest BCUT2D eigenvalue weighted by Gasteiger charge is 2.57. The molecule has 3 aromatic carbocycles. The van der Waals surface area contributed by atoms with Gasteiger partial charge in [0.25, 0.3) is 5.69 Å². The molecule has 1 aromatic heterocycles. The maximum absolute atomic E-state index is 14.1. The summed E-state index contributed by atoms with van der Waals surface area (Å²) in [5, 5.41) is 13.5. The summed E-state index contributed by atoms with van der Waals surface area (Å²) in [5.74, 6) is -2.22. The number of fused-ring (bicyclic) bond motifs is 2. The number of ether oxygens (including phenoxy) is 2. The van der Waals surface area contributed by atoms with Gasteiger partial charge < -0.3 is 14.8 Å². The number of nitrogens with zero attached hydrogens (tertiary/aromatic N) is 3. The fourth-order valence-corrected chi connectivity index (χ4v) is 8.39. The third-order valence-corrected chi connectivity index (χ3v) is 10.4. The van der Waals surface area contributed by atoms with Crippen molar-refractivity contribution in [3.8, 4) is 11.5 Å². The molecule has 0 spiro atoms. The van der Waals surface area contributed by atoms with Gasteiger partial charge in [0.05, 0.1) is 35.8 Å². The van der Waals surface area contributed by atoms with Crippen LogP contribution in [0.1, 0.15) is 21.9 Å². The molecule has 0 saturated carbocycles. The predicted octanol–water partition coefficient (Wildman–Crippen LogP) is 4.58. The number of imide groups is 1. The second kappa shape index (κ2) is 11.9. The first-order valence-electron chi connectivity index (χ1n) is 13.7. The average Bonchev–Trinajstić information content (AvgIpc) is 3.47. The summed E-state index contributed by atoms with van der Waals surface area (Å²) in [5.41, 5.74) is 2.25. The summed E-state index contributed by atoms with van der Waals surface area (Å²) in [6.45, 7) is 1.63. The molecular formula is C31H26N4O8S2. The van der Waals surface area contributed by atoms with Gasteiger partial charge in [-0.05, 0) is 48.9 Å². The number of carbonyl (C=O) groups is 3. The first-order valence-corrected chi connectivity index (χ1v) is 15.4. The monoisotopic (exact) mass is 646 g/mol. The summed E-state index contributed by atoms with van der Waals surface area (Å²) in [7, 11) is 2.98. The number of methoxy groups -OCH3 is 2. The molecule has 2 aliphatic heterocycles. The Morgan fingerprint density at radius 3 is 2.29 bits per heavy atom. The van der Waals surface area contributed by atoms with Crippen molar-refractivity contribution >= 4 is 57.9 Å². The van der Waals surface area contributed by atoms with Gasteiger partial charge in [-0.1, -0.05) is 46.9 Å². The van der Waals surface area contributed by atoms with Crippen LogP contribution in [-0.2, 0) is 20.9 Å². The van der Waals surface area contributed by atoms with E-state index in [1.807, 2.05) is 19.1 Å². The molecule has 14 heteroatoms. The van der Waals surface area contributed by atoms with Crippen LogP contribution in [0.5, 0.6) is 11.5 Å². The van der Waals surface area contributed by atoms with E-state index < -0.39 is 44.6 Å². The molecular weight excluding hydrogens is 620 g/mol. The fourth-order valence-electron chi connectivity index (χ4n) is 5.62. The molecule has 0 aliphatic carbocycles. The normalized spacial score (nSPS) is 18.7. The molecule has 1 N–H and O–H groups in total. The van der Waals surface area contributed by atoms with Crippen LogP contribution >= 0.6 is 23.1 Å². The Labute approximate surface area is 264 Å². The van der Waals surface area contributed by atoms with Crippen molar-refractivity contribution < 1.29 is 28.8 Å². The number of nitrogens with one attached hydrogen (secondary N) is 1. The van der Waals surface area contributed by atoms with Gasteiger partial charge in [-0.15, -0.1) is 0 Å². The van der Waals surface area contributed by atoms with E-state index in [2.05, 4.69) is 5.32 Å².